The molecule has 5 N–H and O–H groups in total. The Kier molecular flexibility index (Phi) is 19.3. The van der Waals surface area contributed by atoms with E-state index in [0.29, 0.717) is 19.6 Å². The first kappa shape index (κ1) is 37.3. The lowest BCUT2D eigenvalue weighted by molar-refractivity contribution is 0.239. The minimum Gasteiger partial charge on any atom is -0.395 e. The van der Waals surface area contributed by atoms with Crippen LogP contribution in [0.5, 0.6) is 0 Å². The highest BCUT2D eigenvalue weighted by Crippen LogP contribution is 2.29. The smallest absolute Gasteiger partial charge is 0.321 e. The molecule has 2 rings (SSSR count). The Balaban J connectivity index is 0.000000658. The number of nitrogens with zero attached hydrogens (tertiary/aromatic N) is 2. The first-order valence-electron chi connectivity index (χ1n) is 12.9. The highest BCUT2D eigenvalue weighted by molar-refractivity contribution is 9.10. The van der Waals surface area contributed by atoms with Crippen LogP contribution in [0.1, 0.15) is 48.9 Å². The zero-order valence-corrected chi connectivity index (χ0v) is 27.7. The van der Waals surface area contributed by atoms with Gasteiger partial charge in [-0.05, 0) is 98.7 Å². The number of urea groups is 1. The van der Waals surface area contributed by atoms with E-state index in [1.165, 1.54) is 0 Å². The van der Waals surface area contributed by atoms with Crippen molar-refractivity contribution in [2.45, 2.75) is 54.4 Å². The lowest BCUT2D eigenvalue weighted by Crippen LogP contribution is -2.41. The van der Waals surface area contributed by atoms with E-state index in [1.807, 2.05) is 65.8 Å². The summed E-state index contributed by atoms with van der Waals surface area (Å²) < 4.78 is 2.15. The number of carbonyl (C=O) groups is 2. The van der Waals surface area contributed by atoms with Gasteiger partial charge in [-0.15, -0.1) is 0 Å². The number of amides is 3. The minimum atomic E-state index is -0.428. The van der Waals surface area contributed by atoms with E-state index in [-0.39, 0.29) is 25.8 Å². The van der Waals surface area contributed by atoms with E-state index in [0.717, 1.165) is 55.4 Å². The summed E-state index contributed by atoms with van der Waals surface area (Å²) in [6.07, 6.45) is 1.76. The van der Waals surface area contributed by atoms with Crippen molar-refractivity contribution < 1.29 is 19.8 Å². The van der Waals surface area contributed by atoms with Gasteiger partial charge in [0.2, 0.25) is 0 Å². The quantitative estimate of drug-likeness (QED) is 0.175. The van der Waals surface area contributed by atoms with Crippen LogP contribution in [0.2, 0.25) is 0 Å². The lowest BCUT2D eigenvalue weighted by atomic mass is 10.1. The maximum absolute atomic E-state index is 12.1. The summed E-state index contributed by atoms with van der Waals surface area (Å²) in [6.45, 7) is 14.1. The first-order valence-corrected chi connectivity index (χ1v) is 14.8. The highest BCUT2D eigenvalue weighted by atomic mass is 79.9. The molecule has 0 spiro atoms. The molecular formula is C28H43Br2ClN4O4. The van der Waals surface area contributed by atoms with E-state index in [4.69, 9.17) is 27.5 Å². The standard InChI is InChI=1S/C14H21BrN2O2.C12H15BrClNO.C2H7NO/c1-4-6-17(14(19)16-5-7-18)12-8-10(2)13(15)11(3)9-12;1-4-5-15(12(14)16)10-6-8(2)11(13)9(3)7-10;3-1-2-4/h8-9,18H,4-7H2,1-3H3,(H,16,19);6-7H,4-5H2,1-3H3;4H,1-3H2. The van der Waals surface area contributed by atoms with Crippen molar-refractivity contribution in [1.82, 2.24) is 5.32 Å². The molecule has 0 heterocycles. The summed E-state index contributed by atoms with van der Waals surface area (Å²) in [6, 6.07) is 7.74. The number of carbonyl (C=O) groups excluding carboxylic acids is 2. The zero-order chi connectivity index (χ0) is 30.1. The molecule has 2 aromatic carbocycles. The summed E-state index contributed by atoms with van der Waals surface area (Å²) in [5, 5.41) is 18.8. The monoisotopic (exact) mass is 692 g/mol. The molecule has 0 aliphatic carbocycles. The summed E-state index contributed by atoms with van der Waals surface area (Å²) in [5.74, 6) is 0. The van der Waals surface area contributed by atoms with Crippen LogP contribution in [0.15, 0.2) is 33.2 Å². The van der Waals surface area contributed by atoms with Crippen LogP contribution < -0.4 is 20.9 Å². The fraction of sp³-hybridized carbons (Fsp3) is 0.500. The van der Waals surface area contributed by atoms with Crippen LogP contribution in [0.25, 0.3) is 0 Å². The molecule has 0 saturated heterocycles. The van der Waals surface area contributed by atoms with Gasteiger partial charge in [0.05, 0.1) is 13.2 Å². The second-order valence-electron chi connectivity index (χ2n) is 8.81. The van der Waals surface area contributed by atoms with Crippen molar-refractivity contribution in [2.75, 3.05) is 49.2 Å². The van der Waals surface area contributed by atoms with Gasteiger partial charge in [0.25, 0.3) is 0 Å². The largest absolute Gasteiger partial charge is 0.395 e. The average molecular weight is 695 g/mol. The fourth-order valence-corrected chi connectivity index (χ4v) is 4.17. The molecule has 39 heavy (non-hydrogen) atoms. The average Bonchev–Trinajstić information content (AvgIpc) is 2.90. The summed E-state index contributed by atoms with van der Waals surface area (Å²) in [4.78, 5) is 26.7. The van der Waals surface area contributed by atoms with Crippen LogP contribution in [-0.4, -0.2) is 61.0 Å². The topological polar surface area (TPSA) is 119 Å². The van der Waals surface area contributed by atoms with E-state index >= 15 is 0 Å². The molecule has 0 aliphatic rings. The number of benzene rings is 2. The van der Waals surface area contributed by atoms with Gasteiger partial charge in [-0.1, -0.05) is 45.7 Å². The highest BCUT2D eigenvalue weighted by Gasteiger charge is 2.16. The third-order valence-electron chi connectivity index (χ3n) is 5.33. The van der Waals surface area contributed by atoms with Crippen LogP contribution in [0.4, 0.5) is 21.0 Å². The SMILES string of the molecule is CCCN(C(=O)Cl)c1cc(C)c(Br)c(C)c1.CCCN(C(=O)NCCO)c1cc(C)c(Br)c(C)c1.NCCO. The Morgan fingerprint density at radius 3 is 1.49 bits per heavy atom. The van der Waals surface area contributed by atoms with Crippen molar-refractivity contribution in [3.05, 3.63) is 55.5 Å². The second-order valence-corrected chi connectivity index (χ2v) is 10.7. The summed E-state index contributed by atoms with van der Waals surface area (Å²) >= 11 is 12.6. The van der Waals surface area contributed by atoms with Gasteiger partial charge >= 0.3 is 11.4 Å². The molecule has 0 aromatic heterocycles. The normalized spacial score (nSPS) is 10.1. The molecule has 0 unspecified atom stereocenters. The van der Waals surface area contributed by atoms with Gasteiger partial charge in [-0.3, -0.25) is 14.6 Å². The number of anilines is 2. The summed E-state index contributed by atoms with van der Waals surface area (Å²) in [7, 11) is 0. The predicted molar refractivity (Wildman–Crippen MR) is 170 cm³/mol. The van der Waals surface area contributed by atoms with E-state index in [9.17, 15) is 9.59 Å². The maximum atomic E-state index is 12.1. The lowest BCUT2D eigenvalue weighted by Gasteiger charge is -2.24. The number of aliphatic hydroxyl groups excluding tert-OH is 2. The number of nitrogens with two attached hydrogens (primary N) is 1. The molecule has 0 atom stereocenters. The van der Waals surface area contributed by atoms with Gasteiger partial charge in [-0.25, -0.2) is 4.79 Å². The Morgan fingerprint density at radius 1 is 0.821 bits per heavy atom. The molecule has 0 aliphatic heterocycles. The molecule has 0 saturated carbocycles. The Morgan fingerprint density at radius 2 is 1.18 bits per heavy atom. The molecule has 2 aromatic rings. The van der Waals surface area contributed by atoms with Crippen LogP contribution in [0, 0.1) is 27.7 Å². The van der Waals surface area contributed by atoms with E-state index in [2.05, 4.69) is 37.2 Å². The number of rotatable bonds is 9. The van der Waals surface area contributed by atoms with Gasteiger partial charge < -0.3 is 21.3 Å². The zero-order valence-electron chi connectivity index (χ0n) is 23.8. The maximum Gasteiger partial charge on any atom is 0.321 e. The Hall–Kier alpha value is -1.69. The Labute approximate surface area is 255 Å². The molecule has 8 nitrogen and oxygen atoms in total. The third-order valence-corrected chi connectivity index (χ3v) is 8.04. The number of nitrogens with one attached hydrogen (secondary N) is 1. The van der Waals surface area contributed by atoms with Gasteiger partial charge in [-0.2, -0.15) is 0 Å². The minimum absolute atomic E-state index is 0.0515. The van der Waals surface area contributed by atoms with E-state index in [1.54, 1.807) is 9.80 Å². The molecule has 0 bridgehead atoms. The van der Waals surface area contributed by atoms with Crippen molar-refractivity contribution in [3.63, 3.8) is 0 Å². The molecule has 11 heteroatoms. The molecule has 0 radical (unpaired) electrons. The number of halogens is 3. The van der Waals surface area contributed by atoms with Crippen LogP contribution >= 0.6 is 43.5 Å². The number of hydrogen-bond donors (Lipinski definition) is 4. The van der Waals surface area contributed by atoms with E-state index < -0.39 is 5.37 Å². The molecular weight excluding hydrogens is 652 g/mol. The van der Waals surface area contributed by atoms with Gasteiger partial charge in [0, 0.05) is 46.5 Å². The van der Waals surface area contributed by atoms with Crippen LogP contribution in [0.3, 0.4) is 0 Å². The number of hydrogen-bond acceptors (Lipinski definition) is 5. The van der Waals surface area contributed by atoms with Crippen molar-refractivity contribution in [3.8, 4) is 0 Å². The fourth-order valence-electron chi connectivity index (χ4n) is 3.53. The van der Waals surface area contributed by atoms with Crippen LogP contribution in [-0.2, 0) is 0 Å². The summed E-state index contributed by atoms with van der Waals surface area (Å²) in [5.41, 5.74) is 10.9. The predicted octanol–water partition coefficient (Wildman–Crippen LogP) is 6.56. The molecule has 3 amide bonds. The number of aliphatic hydroxyl groups is 2. The van der Waals surface area contributed by atoms with Gasteiger partial charge in [0.1, 0.15) is 0 Å². The van der Waals surface area contributed by atoms with Crippen molar-refractivity contribution >= 4 is 66.2 Å². The van der Waals surface area contributed by atoms with Crippen molar-refractivity contribution in [2.24, 2.45) is 5.73 Å². The third kappa shape index (κ3) is 13.0. The van der Waals surface area contributed by atoms with Gasteiger partial charge in [0.15, 0.2) is 0 Å². The van der Waals surface area contributed by atoms with Crippen molar-refractivity contribution in [1.29, 1.82) is 0 Å². The Bertz CT molecular complexity index is 1010. The molecule has 0 fully saturated rings. The number of aryl methyl sites for hydroxylation is 4. The second kappa shape index (κ2) is 20.2. The first-order chi connectivity index (χ1) is 18.4. The molecule has 220 valence electrons.